The Morgan fingerprint density at radius 3 is 2.96 bits per heavy atom. The molecule has 130 valence electrons. The fourth-order valence-corrected chi connectivity index (χ4v) is 3.90. The zero-order valence-electron chi connectivity index (χ0n) is 14.3. The normalized spacial score (nSPS) is 24.9. The molecule has 3 N–H and O–H groups in total. The number of likely N-dealkylation sites (tertiary alicyclic amines) is 1. The lowest BCUT2D eigenvalue weighted by Crippen LogP contribution is -2.51. The van der Waals surface area contributed by atoms with Crippen molar-refractivity contribution in [2.45, 2.75) is 57.5 Å². The van der Waals surface area contributed by atoms with E-state index in [1.807, 2.05) is 36.1 Å². The summed E-state index contributed by atoms with van der Waals surface area (Å²) >= 11 is 0. The van der Waals surface area contributed by atoms with Crippen molar-refractivity contribution in [3.63, 3.8) is 0 Å². The number of benzene rings is 1. The van der Waals surface area contributed by atoms with Crippen molar-refractivity contribution in [3.8, 4) is 0 Å². The lowest BCUT2D eigenvalue weighted by atomic mass is 9.89. The molecule has 0 radical (unpaired) electrons. The zero-order chi connectivity index (χ0) is 17.1. The minimum Gasteiger partial charge on any atom is -0.338 e. The second kappa shape index (κ2) is 7.34. The molecule has 2 aliphatic heterocycles. The highest BCUT2D eigenvalue weighted by atomic mass is 16.2. The van der Waals surface area contributed by atoms with Gasteiger partial charge in [0.1, 0.15) is 0 Å². The molecule has 1 saturated heterocycles. The number of nitrogens with one attached hydrogen (secondary N) is 1. The van der Waals surface area contributed by atoms with Crippen LogP contribution in [0.2, 0.25) is 0 Å². The molecule has 2 aliphatic rings. The highest BCUT2D eigenvalue weighted by molar-refractivity contribution is 5.96. The quantitative estimate of drug-likeness (QED) is 0.890. The Hall–Kier alpha value is -1.88. The Morgan fingerprint density at radius 1 is 1.38 bits per heavy atom. The molecule has 1 aromatic carbocycles. The van der Waals surface area contributed by atoms with Crippen molar-refractivity contribution in [3.05, 3.63) is 29.8 Å². The first-order chi connectivity index (χ1) is 11.6. The molecular weight excluding hydrogens is 302 g/mol. The Kier molecular flexibility index (Phi) is 5.19. The number of para-hydroxylation sites is 1. The Morgan fingerprint density at radius 2 is 2.17 bits per heavy atom. The maximum absolute atomic E-state index is 12.6. The van der Waals surface area contributed by atoms with E-state index in [1.54, 1.807) is 0 Å². The summed E-state index contributed by atoms with van der Waals surface area (Å²) in [5.41, 5.74) is 8.11. The Balaban J connectivity index is 1.59. The van der Waals surface area contributed by atoms with Crippen LogP contribution in [-0.4, -0.2) is 35.3 Å². The molecular formula is C19H27N3O2. The number of fused-ring (bicyclic) bond motifs is 1. The van der Waals surface area contributed by atoms with Gasteiger partial charge >= 0.3 is 0 Å². The highest BCUT2D eigenvalue weighted by Crippen LogP contribution is 2.28. The Labute approximate surface area is 143 Å². The number of nitrogens with two attached hydrogens (primary N) is 1. The zero-order valence-corrected chi connectivity index (χ0v) is 14.3. The van der Waals surface area contributed by atoms with Gasteiger partial charge in [-0.1, -0.05) is 18.2 Å². The molecule has 3 atom stereocenters. The van der Waals surface area contributed by atoms with Gasteiger partial charge in [0.05, 0.1) is 0 Å². The minimum absolute atomic E-state index is 0.000828. The van der Waals surface area contributed by atoms with Gasteiger partial charge < -0.3 is 16.0 Å². The minimum atomic E-state index is -0.123. The number of rotatable bonds is 4. The fraction of sp³-hybridized carbons (Fsp3) is 0.579. The average molecular weight is 329 g/mol. The van der Waals surface area contributed by atoms with Gasteiger partial charge in [0.15, 0.2) is 0 Å². The molecule has 0 aromatic heterocycles. The summed E-state index contributed by atoms with van der Waals surface area (Å²) in [5, 5.41) is 2.96. The van der Waals surface area contributed by atoms with Crippen LogP contribution in [0.15, 0.2) is 24.3 Å². The van der Waals surface area contributed by atoms with Gasteiger partial charge in [0.2, 0.25) is 11.8 Å². The number of nitrogens with zero attached hydrogens (tertiary/aromatic N) is 1. The number of carbonyl (C=O) groups is 2. The molecule has 3 rings (SSSR count). The smallest absolute Gasteiger partial charge is 0.227 e. The van der Waals surface area contributed by atoms with Gasteiger partial charge in [-0.3, -0.25) is 9.59 Å². The molecule has 24 heavy (non-hydrogen) atoms. The molecule has 3 unspecified atom stereocenters. The van der Waals surface area contributed by atoms with Crippen molar-refractivity contribution in [2.24, 2.45) is 11.7 Å². The summed E-state index contributed by atoms with van der Waals surface area (Å²) in [6, 6.07) is 8.02. The molecule has 0 saturated carbocycles. The van der Waals surface area contributed by atoms with Crippen LogP contribution in [0.4, 0.5) is 5.69 Å². The van der Waals surface area contributed by atoms with Crippen LogP contribution in [0.5, 0.6) is 0 Å². The first-order valence-corrected chi connectivity index (χ1v) is 9.00. The molecule has 0 aliphatic carbocycles. The lowest BCUT2D eigenvalue weighted by molar-refractivity contribution is -0.135. The molecule has 1 aromatic rings. The molecule has 5 nitrogen and oxygen atoms in total. The third kappa shape index (κ3) is 3.61. The number of carbonyl (C=O) groups excluding carboxylic acids is 2. The summed E-state index contributed by atoms with van der Waals surface area (Å²) in [5.74, 6) is 0.0509. The van der Waals surface area contributed by atoms with E-state index in [9.17, 15) is 9.59 Å². The van der Waals surface area contributed by atoms with Crippen LogP contribution in [0.1, 0.15) is 44.6 Å². The number of amides is 2. The number of piperidine rings is 1. The van der Waals surface area contributed by atoms with Gasteiger partial charge in [-0.2, -0.15) is 0 Å². The third-order valence-corrected chi connectivity index (χ3v) is 5.30. The second-order valence-corrected chi connectivity index (χ2v) is 7.10. The van der Waals surface area contributed by atoms with Crippen molar-refractivity contribution in [1.82, 2.24) is 4.90 Å². The molecule has 0 bridgehead atoms. The van der Waals surface area contributed by atoms with E-state index >= 15 is 0 Å². The number of hydrogen-bond donors (Lipinski definition) is 2. The average Bonchev–Trinajstić information content (AvgIpc) is 2.59. The van der Waals surface area contributed by atoms with Crippen LogP contribution >= 0.6 is 0 Å². The monoisotopic (exact) mass is 329 g/mol. The van der Waals surface area contributed by atoms with Crippen molar-refractivity contribution < 1.29 is 9.59 Å². The number of hydrogen-bond acceptors (Lipinski definition) is 3. The molecule has 2 heterocycles. The SMILES string of the molecule is CC(N)C1CCCCN1C(=O)CCC1Cc2ccccc2NC1=O. The van der Waals surface area contributed by atoms with Crippen LogP contribution in [0.3, 0.4) is 0 Å². The lowest BCUT2D eigenvalue weighted by Gasteiger charge is -2.38. The van der Waals surface area contributed by atoms with Crippen LogP contribution in [0.25, 0.3) is 0 Å². The first-order valence-electron chi connectivity index (χ1n) is 9.00. The maximum Gasteiger partial charge on any atom is 0.227 e. The third-order valence-electron chi connectivity index (χ3n) is 5.30. The molecule has 5 heteroatoms. The van der Waals surface area contributed by atoms with E-state index in [0.29, 0.717) is 19.3 Å². The van der Waals surface area contributed by atoms with Gasteiger partial charge in [-0.25, -0.2) is 0 Å². The van der Waals surface area contributed by atoms with E-state index in [-0.39, 0.29) is 29.8 Å². The molecule has 0 spiro atoms. The number of anilines is 1. The van der Waals surface area contributed by atoms with E-state index < -0.39 is 0 Å². The summed E-state index contributed by atoms with van der Waals surface area (Å²) in [6.07, 6.45) is 4.90. The van der Waals surface area contributed by atoms with Crippen LogP contribution < -0.4 is 11.1 Å². The van der Waals surface area contributed by atoms with Crippen molar-refractivity contribution >= 4 is 17.5 Å². The second-order valence-electron chi connectivity index (χ2n) is 7.10. The summed E-state index contributed by atoms with van der Waals surface area (Å²) in [7, 11) is 0. The van der Waals surface area contributed by atoms with Gasteiger partial charge in [0, 0.05) is 36.7 Å². The molecule has 2 amide bonds. The van der Waals surface area contributed by atoms with E-state index in [1.165, 1.54) is 0 Å². The van der Waals surface area contributed by atoms with E-state index in [2.05, 4.69) is 5.32 Å². The summed E-state index contributed by atoms with van der Waals surface area (Å²) in [6.45, 7) is 2.77. The topological polar surface area (TPSA) is 75.4 Å². The van der Waals surface area contributed by atoms with Crippen molar-refractivity contribution in [1.29, 1.82) is 0 Å². The largest absolute Gasteiger partial charge is 0.338 e. The van der Waals surface area contributed by atoms with Gasteiger partial charge in [-0.15, -0.1) is 0 Å². The van der Waals surface area contributed by atoms with E-state index in [4.69, 9.17) is 5.73 Å². The Bertz CT molecular complexity index is 614. The maximum atomic E-state index is 12.6. The van der Waals surface area contributed by atoms with Gasteiger partial charge in [0.25, 0.3) is 0 Å². The predicted molar refractivity (Wildman–Crippen MR) is 94.5 cm³/mol. The van der Waals surface area contributed by atoms with Crippen LogP contribution in [-0.2, 0) is 16.0 Å². The molecule has 1 fully saturated rings. The summed E-state index contributed by atoms with van der Waals surface area (Å²) in [4.78, 5) is 26.9. The van der Waals surface area contributed by atoms with Crippen LogP contribution in [0, 0.1) is 5.92 Å². The van der Waals surface area contributed by atoms with E-state index in [0.717, 1.165) is 37.1 Å². The fourth-order valence-electron chi connectivity index (χ4n) is 3.90. The summed E-state index contributed by atoms with van der Waals surface area (Å²) < 4.78 is 0. The van der Waals surface area contributed by atoms with Crippen molar-refractivity contribution in [2.75, 3.05) is 11.9 Å². The highest BCUT2D eigenvalue weighted by Gasteiger charge is 2.31. The first kappa shape index (κ1) is 17.0. The predicted octanol–water partition coefficient (Wildman–Crippen LogP) is 2.31. The van der Waals surface area contributed by atoms with Gasteiger partial charge in [-0.05, 0) is 50.7 Å². The standard InChI is InChI=1S/C19H27N3O2/c1-13(20)17-8-4-5-11-22(17)18(23)10-9-15-12-14-6-2-3-7-16(14)21-19(15)24/h2-3,6-7,13,15,17H,4-5,8-12,20H2,1H3,(H,21,24).